The van der Waals surface area contributed by atoms with Crippen LogP contribution in [0.3, 0.4) is 0 Å². The molecule has 0 amide bonds. The van der Waals surface area contributed by atoms with Gasteiger partial charge in [-0.15, -0.1) is 0 Å². The molecule has 0 aliphatic rings. The lowest BCUT2D eigenvalue weighted by molar-refractivity contribution is 0.528. The van der Waals surface area contributed by atoms with Crippen molar-refractivity contribution in [1.82, 2.24) is 0 Å². The molecule has 366 valence electrons. The molecule has 2 heteroatoms. The van der Waals surface area contributed by atoms with Crippen LogP contribution in [0.2, 0.25) is 0 Å². The number of hydrogen-bond acceptors (Lipinski definition) is 2. The zero-order chi connectivity index (χ0) is 46.5. The van der Waals surface area contributed by atoms with Gasteiger partial charge in [-0.3, -0.25) is 0 Å². The summed E-state index contributed by atoms with van der Waals surface area (Å²) in [6, 6.07) is 15.7. The molecule has 0 unspecified atom stereocenters. The number of hydrogen-bond donors (Lipinski definition) is 0. The van der Waals surface area contributed by atoms with Crippen molar-refractivity contribution in [2.45, 2.75) is 291 Å². The molecule has 0 saturated heterocycles. The maximum atomic E-state index is 5.32. The molecule has 0 N–H and O–H groups in total. The van der Waals surface area contributed by atoms with Crippen LogP contribution in [-0.4, -0.2) is 11.4 Å². The number of unbranched alkanes of at least 4 members (excludes halogenated alkanes) is 32. The highest BCUT2D eigenvalue weighted by Gasteiger charge is 2.09. The lowest BCUT2D eigenvalue weighted by atomic mass is 9.99. The number of allylic oxidation sites excluding steroid dienone is 2. The van der Waals surface area contributed by atoms with Crippen LogP contribution in [0.15, 0.2) is 64.6 Å². The molecule has 0 radical (unpaired) electrons. The average molecular weight is 890 g/mol. The summed E-state index contributed by atoms with van der Waals surface area (Å²) in [5.41, 5.74) is 7.92. The predicted molar refractivity (Wildman–Crippen MR) is 294 cm³/mol. The molecule has 2 rings (SSSR count). The first kappa shape index (κ1) is 58.2. The summed E-state index contributed by atoms with van der Waals surface area (Å²) in [5, 5.41) is 0. The summed E-state index contributed by atoms with van der Waals surface area (Å²) in [4.78, 5) is 10.6. The molecule has 0 bridgehead atoms. The molecule has 2 nitrogen and oxygen atoms in total. The van der Waals surface area contributed by atoms with Crippen LogP contribution in [0.5, 0.6) is 0 Å². The molecule has 65 heavy (non-hydrogen) atoms. The molecule has 0 saturated carbocycles. The van der Waals surface area contributed by atoms with Gasteiger partial charge in [-0.2, -0.15) is 0 Å². The summed E-state index contributed by atoms with van der Waals surface area (Å²) < 4.78 is 0. The third-order valence-corrected chi connectivity index (χ3v) is 13.3. The van der Waals surface area contributed by atoms with Crippen molar-refractivity contribution in [2.75, 3.05) is 0 Å². The second kappa shape index (κ2) is 43.6. The monoisotopic (exact) mass is 889 g/mol. The second-order valence-corrected chi connectivity index (χ2v) is 19.7. The van der Waals surface area contributed by atoms with E-state index in [1.54, 1.807) is 0 Å². The molecule has 0 aliphatic carbocycles. The Morgan fingerprint density at radius 3 is 1.28 bits per heavy atom. The first-order valence-corrected chi connectivity index (χ1v) is 28.7. The Balaban J connectivity index is 2.00. The van der Waals surface area contributed by atoms with Gasteiger partial charge in [0.2, 0.25) is 0 Å². The van der Waals surface area contributed by atoms with Gasteiger partial charge < -0.3 is 0 Å². The topological polar surface area (TPSA) is 24.7 Å². The second-order valence-electron chi connectivity index (χ2n) is 19.7. The smallest absolute Gasteiger partial charge is 0.139 e. The molecule has 0 spiro atoms. The molecular formula is C63H104N2. The maximum Gasteiger partial charge on any atom is 0.139 e. The summed E-state index contributed by atoms with van der Waals surface area (Å²) in [6.45, 7) is 11.4. The van der Waals surface area contributed by atoms with Gasteiger partial charge in [0.05, 0.1) is 17.1 Å². The van der Waals surface area contributed by atoms with E-state index in [0.29, 0.717) is 0 Å². The van der Waals surface area contributed by atoms with Crippen molar-refractivity contribution < 1.29 is 0 Å². The molecule has 0 atom stereocenters. The zero-order valence-corrected chi connectivity index (χ0v) is 43.9. The number of aliphatic imine (C=N–C) groups is 2. The van der Waals surface area contributed by atoms with Gasteiger partial charge in [-0.05, 0) is 91.5 Å². The Bertz CT molecular complexity index is 1530. The molecule has 2 aromatic rings. The number of benzene rings is 2. The minimum absolute atomic E-state index is 0.799. The number of rotatable bonds is 43. The predicted octanol–water partition coefficient (Wildman–Crippen LogP) is 21.3. The Labute approximate surface area is 405 Å². The minimum atomic E-state index is 0.799. The van der Waals surface area contributed by atoms with Crippen molar-refractivity contribution in [1.29, 1.82) is 0 Å². The Morgan fingerprint density at radius 1 is 0.400 bits per heavy atom. The number of aryl methyl sites for hydroxylation is 3. The fourth-order valence-electron chi connectivity index (χ4n) is 9.22. The molecular weight excluding hydrogens is 785 g/mol. The fraction of sp³-hybridized carbons (Fsp3) is 0.714. The van der Waals surface area contributed by atoms with Gasteiger partial charge in [0.15, 0.2) is 0 Å². The van der Waals surface area contributed by atoms with Crippen molar-refractivity contribution in [3.05, 3.63) is 71.3 Å². The highest BCUT2D eigenvalue weighted by atomic mass is 14.8. The van der Waals surface area contributed by atoms with Crippen molar-refractivity contribution in [3.8, 4) is 11.8 Å². The van der Waals surface area contributed by atoms with E-state index in [0.717, 1.165) is 80.6 Å². The lowest BCUT2D eigenvalue weighted by Crippen LogP contribution is -2.09. The molecule has 0 fully saturated rings. The van der Waals surface area contributed by atoms with Crippen molar-refractivity contribution >= 4 is 22.8 Å². The third kappa shape index (κ3) is 32.4. The third-order valence-electron chi connectivity index (χ3n) is 13.3. The van der Waals surface area contributed by atoms with Gasteiger partial charge >= 0.3 is 0 Å². The Hall–Kier alpha value is -2.92. The molecule has 0 heterocycles. The van der Waals surface area contributed by atoms with Crippen LogP contribution >= 0.6 is 0 Å². The zero-order valence-electron chi connectivity index (χ0n) is 43.9. The molecule has 0 aromatic heterocycles. The van der Waals surface area contributed by atoms with Gasteiger partial charge in [-0.1, -0.05) is 277 Å². The van der Waals surface area contributed by atoms with E-state index >= 15 is 0 Å². The Morgan fingerprint density at radius 2 is 0.815 bits per heavy atom. The van der Waals surface area contributed by atoms with Crippen molar-refractivity contribution in [2.24, 2.45) is 9.98 Å². The van der Waals surface area contributed by atoms with Crippen LogP contribution in [0, 0.1) is 11.8 Å². The SMILES string of the molecule is CCCCCCCCCCCCCCCCC/C=C/C(=Nc1ccc(CCC)cc1)C(C#CCCCCCCCCCCCCCCCCCCC)=Nc1ccc(CCC)c(CCC)c1. The highest BCUT2D eigenvalue weighted by molar-refractivity contribution is 6.53. The normalized spacial score (nSPS) is 12.1. The van der Waals surface area contributed by atoms with E-state index in [-0.39, 0.29) is 0 Å². The first-order chi connectivity index (χ1) is 32.1. The quantitative estimate of drug-likeness (QED) is 0.0360. The maximum absolute atomic E-state index is 5.32. The van der Waals surface area contributed by atoms with E-state index in [1.165, 1.54) is 216 Å². The largest absolute Gasteiger partial charge is 0.246 e. The summed E-state index contributed by atoms with van der Waals surface area (Å²) >= 11 is 0. The van der Waals surface area contributed by atoms with Crippen LogP contribution in [0.4, 0.5) is 11.4 Å². The van der Waals surface area contributed by atoms with Gasteiger partial charge in [-0.25, -0.2) is 9.98 Å². The average Bonchev–Trinajstić information content (AvgIpc) is 3.31. The van der Waals surface area contributed by atoms with Gasteiger partial charge in [0.1, 0.15) is 5.71 Å². The summed E-state index contributed by atoms with van der Waals surface area (Å²) in [5.74, 6) is 7.18. The Kier molecular flexibility index (Phi) is 39.1. The summed E-state index contributed by atoms with van der Waals surface area (Å²) in [6.07, 6.45) is 57.9. The lowest BCUT2D eigenvalue weighted by Gasteiger charge is -2.10. The van der Waals surface area contributed by atoms with Gasteiger partial charge in [0.25, 0.3) is 0 Å². The first-order valence-electron chi connectivity index (χ1n) is 28.7. The van der Waals surface area contributed by atoms with Crippen molar-refractivity contribution in [3.63, 3.8) is 0 Å². The van der Waals surface area contributed by atoms with Crippen LogP contribution in [0.1, 0.15) is 289 Å². The summed E-state index contributed by atoms with van der Waals surface area (Å²) in [7, 11) is 0. The van der Waals surface area contributed by atoms with E-state index in [4.69, 9.17) is 9.98 Å². The highest BCUT2D eigenvalue weighted by Crippen LogP contribution is 2.23. The molecule has 0 aliphatic heterocycles. The number of nitrogens with zero attached hydrogens (tertiary/aromatic N) is 2. The van der Waals surface area contributed by atoms with Crippen LogP contribution < -0.4 is 0 Å². The van der Waals surface area contributed by atoms with Crippen LogP contribution in [-0.2, 0) is 19.3 Å². The molecule has 2 aromatic carbocycles. The fourth-order valence-corrected chi connectivity index (χ4v) is 9.22. The van der Waals surface area contributed by atoms with E-state index < -0.39 is 0 Å². The van der Waals surface area contributed by atoms with Gasteiger partial charge in [0, 0.05) is 6.42 Å². The van der Waals surface area contributed by atoms with E-state index in [1.807, 2.05) is 0 Å². The standard InChI is InChI=1S/C63H104N2/c1-6-11-13-15-17-19-21-23-25-27-28-30-32-34-36-38-40-42-44-49-63(65-61-55-52-58(46-9-4)59(56-61)47-10-5)62(64-60-53-50-57(45-8-3)51-54-60)48-43-41-39-37-35-33-31-29-26-24-22-20-18-16-14-12-7-2/h43,48,50-56H,6-42,45-47H2,1-5H3/b48-43+,64-62?,65-63?. The van der Waals surface area contributed by atoms with Crippen LogP contribution in [0.25, 0.3) is 0 Å². The van der Waals surface area contributed by atoms with E-state index in [2.05, 4.69) is 101 Å². The minimum Gasteiger partial charge on any atom is -0.246 e. The van der Waals surface area contributed by atoms with E-state index in [9.17, 15) is 0 Å².